The van der Waals surface area contributed by atoms with Crippen molar-refractivity contribution in [1.29, 1.82) is 0 Å². The highest BCUT2D eigenvalue weighted by molar-refractivity contribution is 7.91. The first-order valence-electron chi connectivity index (χ1n) is 10.3. The van der Waals surface area contributed by atoms with Crippen molar-refractivity contribution in [2.45, 2.75) is 24.7 Å². The molecule has 0 radical (unpaired) electrons. The van der Waals surface area contributed by atoms with Crippen molar-refractivity contribution in [3.8, 4) is 11.3 Å². The Morgan fingerprint density at radius 1 is 1.20 bits per heavy atom. The van der Waals surface area contributed by atoms with Crippen LogP contribution in [0.4, 0.5) is 0 Å². The van der Waals surface area contributed by atoms with Gasteiger partial charge in [0.15, 0.2) is 0 Å². The van der Waals surface area contributed by atoms with Gasteiger partial charge in [0.05, 0.1) is 5.69 Å². The van der Waals surface area contributed by atoms with Gasteiger partial charge in [-0.2, -0.15) is 0 Å². The molecule has 1 amide bonds. The molecule has 0 fully saturated rings. The number of carbonyl (C=O) groups excluding carboxylic acids is 1. The van der Waals surface area contributed by atoms with Crippen molar-refractivity contribution in [1.82, 2.24) is 24.2 Å². The summed E-state index contributed by atoms with van der Waals surface area (Å²) in [6.07, 6.45) is 1.19. The molecule has 3 N–H and O–H groups in total. The summed E-state index contributed by atoms with van der Waals surface area (Å²) in [7, 11) is -4.02. The monoisotopic (exact) mass is 521 g/mol. The average Bonchev–Trinajstić information content (AvgIpc) is 3.19. The molecule has 12 nitrogen and oxygen atoms in total. The van der Waals surface area contributed by atoms with Crippen LogP contribution in [0.5, 0.6) is 0 Å². The zero-order valence-corrected chi connectivity index (χ0v) is 20.5. The van der Waals surface area contributed by atoms with Crippen molar-refractivity contribution >= 4 is 33.2 Å². The van der Waals surface area contributed by atoms with Gasteiger partial charge in [0.25, 0.3) is 15.6 Å². The average molecular weight is 522 g/mol. The first-order chi connectivity index (χ1) is 16.5. The smallest absolute Gasteiger partial charge is 0.328 e. The highest BCUT2D eigenvalue weighted by Crippen LogP contribution is 2.29. The van der Waals surface area contributed by atoms with Crippen LogP contribution in [0.25, 0.3) is 11.3 Å². The second kappa shape index (κ2) is 10.8. The Kier molecular flexibility index (Phi) is 7.99. The predicted molar refractivity (Wildman–Crippen MR) is 128 cm³/mol. The summed E-state index contributed by atoms with van der Waals surface area (Å²) in [5.41, 5.74) is 0.0964. The van der Waals surface area contributed by atoms with Gasteiger partial charge < -0.3 is 10.0 Å². The Bertz CT molecular complexity index is 1460. The van der Waals surface area contributed by atoms with Crippen molar-refractivity contribution in [3.63, 3.8) is 0 Å². The van der Waals surface area contributed by atoms with E-state index >= 15 is 0 Å². The van der Waals surface area contributed by atoms with E-state index in [-0.39, 0.29) is 23.0 Å². The lowest BCUT2D eigenvalue weighted by atomic mass is 10.1. The molecule has 1 aromatic carbocycles. The summed E-state index contributed by atoms with van der Waals surface area (Å²) < 4.78 is 28.6. The molecule has 0 unspecified atom stereocenters. The SMILES string of the molecule is Cc1sc(S(=O)(=O)NCCN(CC(=O)O)C(=O)Cn2cc(C)c(=O)[nH]c2=O)nc1-c1ccccc1. The highest BCUT2D eigenvalue weighted by atomic mass is 32.2. The summed E-state index contributed by atoms with van der Waals surface area (Å²) in [5.74, 6) is -2.05. The van der Waals surface area contributed by atoms with Crippen LogP contribution < -0.4 is 16.0 Å². The molecule has 0 aliphatic carbocycles. The van der Waals surface area contributed by atoms with E-state index in [0.717, 1.165) is 26.4 Å². The first kappa shape index (κ1) is 26.0. The number of aromatic nitrogens is 3. The van der Waals surface area contributed by atoms with E-state index < -0.39 is 46.2 Å². The van der Waals surface area contributed by atoms with Gasteiger partial charge in [-0.25, -0.2) is 22.9 Å². The minimum absolute atomic E-state index is 0.153. The normalized spacial score (nSPS) is 11.4. The van der Waals surface area contributed by atoms with E-state index in [0.29, 0.717) is 10.6 Å². The number of sulfonamides is 1. The van der Waals surface area contributed by atoms with Crippen molar-refractivity contribution < 1.29 is 23.1 Å². The van der Waals surface area contributed by atoms with Gasteiger partial charge in [0.2, 0.25) is 10.2 Å². The molecule has 3 rings (SSSR count). The zero-order chi connectivity index (χ0) is 25.8. The van der Waals surface area contributed by atoms with Crippen LogP contribution in [0, 0.1) is 13.8 Å². The molecule has 35 heavy (non-hydrogen) atoms. The van der Waals surface area contributed by atoms with E-state index in [9.17, 15) is 27.6 Å². The van der Waals surface area contributed by atoms with E-state index in [1.54, 1.807) is 6.92 Å². The number of H-pyrrole nitrogens is 1. The summed E-state index contributed by atoms with van der Waals surface area (Å²) in [5, 5.41) is 9.16. The van der Waals surface area contributed by atoms with Crippen LogP contribution in [0.3, 0.4) is 0 Å². The van der Waals surface area contributed by atoms with Crippen molar-refractivity contribution in [2.75, 3.05) is 19.6 Å². The maximum atomic E-state index is 12.7. The number of hydrogen-bond acceptors (Lipinski definition) is 8. The number of rotatable bonds is 10. The number of carboxylic acids is 1. The van der Waals surface area contributed by atoms with Gasteiger partial charge in [0.1, 0.15) is 13.1 Å². The minimum Gasteiger partial charge on any atom is -0.480 e. The molecule has 3 aromatic rings. The number of hydrogen-bond donors (Lipinski definition) is 3. The van der Waals surface area contributed by atoms with Gasteiger partial charge in [-0.05, 0) is 13.8 Å². The van der Waals surface area contributed by atoms with Gasteiger partial charge >= 0.3 is 11.7 Å². The quantitative estimate of drug-likeness (QED) is 0.339. The van der Waals surface area contributed by atoms with Crippen LogP contribution in [0.15, 0.2) is 50.5 Å². The van der Waals surface area contributed by atoms with E-state index in [1.807, 2.05) is 30.3 Å². The number of nitrogens with one attached hydrogen (secondary N) is 2. The van der Waals surface area contributed by atoms with E-state index in [4.69, 9.17) is 5.11 Å². The van der Waals surface area contributed by atoms with Crippen LogP contribution in [-0.4, -0.2) is 64.5 Å². The number of benzene rings is 1. The molecule has 186 valence electrons. The molecule has 0 aliphatic rings. The van der Waals surface area contributed by atoms with Crippen LogP contribution in [0.1, 0.15) is 10.4 Å². The number of aryl methyl sites for hydroxylation is 2. The molecule has 0 saturated carbocycles. The van der Waals surface area contributed by atoms with Crippen LogP contribution in [0.2, 0.25) is 0 Å². The van der Waals surface area contributed by atoms with Crippen molar-refractivity contribution in [3.05, 3.63) is 67.8 Å². The largest absolute Gasteiger partial charge is 0.480 e. The number of amides is 1. The van der Waals surface area contributed by atoms with Gasteiger partial charge in [-0.15, -0.1) is 11.3 Å². The Labute approximate surface area is 203 Å². The second-order valence-corrected chi connectivity index (χ2v) is 10.7. The van der Waals surface area contributed by atoms with Crippen molar-refractivity contribution in [2.24, 2.45) is 0 Å². The number of carboxylic acid groups (broad SMARTS) is 1. The fourth-order valence-electron chi connectivity index (χ4n) is 3.16. The predicted octanol–water partition coefficient (Wildman–Crippen LogP) is 0.169. The number of aliphatic carboxylic acids is 1. The first-order valence-corrected chi connectivity index (χ1v) is 12.6. The summed E-state index contributed by atoms with van der Waals surface area (Å²) in [6, 6.07) is 9.10. The third kappa shape index (κ3) is 6.49. The Morgan fingerprint density at radius 3 is 2.54 bits per heavy atom. The minimum atomic E-state index is -4.02. The number of nitrogens with zero attached hydrogens (tertiary/aromatic N) is 3. The van der Waals surface area contributed by atoms with Gasteiger partial charge in [-0.1, -0.05) is 30.3 Å². The fourth-order valence-corrected chi connectivity index (χ4v) is 5.51. The topological polar surface area (TPSA) is 172 Å². The maximum Gasteiger partial charge on any atom is 0.328 e. The van der Waals surface area contributed by atoms with Crippen LogP contribution >= 0.6 is 11.3 Å². The van der Waals surface area contributed by atoms with E-state index in [1.165, 1.54) is 13.1 Å². The summed E-state index contributed by atoms with van der Waals surface area (Å²) >= 11 is 0.994. The zero-order valence-electron chi connectivity index (χ0n) is 18.8. The lowest BCUT2D eigenvalue weighted by molar-refractivity contribution is -0.144. The molecular weight excluding hydrogens is 498 g/mol. The Morgan fingerprint density at radius 2 is 1.89 bits per heavy atom. The summed E-state index contributed by atoms with van der Waals surface area (Å²) in [6.45, 7) is 1.44. The molecule has 0 bridgehead atoms. The Hall–Kier alpha value is -3.62. The third-order valence-electron chi connectivity index (χ3n) is 4.90. The lowest BCUT2D eigenvalue weighted by Gasteiger charge is -2.21. The molecular formula is C21H23N5O7S2. The molecule has 2 aromatic heterocycles. The molecule has 2 heterocycles. The van der Waals surface area contributed by atoms with Gasteiger partial charge in [-0.3, -0.25) is 23.9 Å². The second-order valence-electron chi connectivity index (χ2n) is 7.56. The summed E-state index contributed by atoms with van der Waals surface area (Å²) in [4.78, 5) is 55.2. The third-order valence-corrected chi connectivity index (χ3v) is 7.71. The standard InChI is InChI=1S/C21H23N5O7S2/c1-13-10-26(20(31)24-19(13)30)11-16(27)25(12-17(28)29)9-8-22-35(32,33)21-23-18(14(2)34-21)15-6-4-3-5-7-15/h3-7,10,22H,8-9,11-12H2,1-2H3,(H,28,29)(H,24,30,31). The fraction of sp³-hybridized carbons (Fsp3) is 0.286. The van der Waals surface area contributed by atoms with Crippen LogP contribution in [-0.2, 0) is 26.2 Å². The number of aromatic amines is 1. The molecule has 0 spiro atoms. The lowest BCUT2D eigenvalue weighted by Crippen LogP contribution is -2.44. The highest BCUT2D eigenvalue weighted by Gasteiger charge is 2.23. The van der Waals surface area contributed by atoms with Gasteiger partial charge in [0, 0.05) is 35.3 Å². The van der Waals surface area contributed by atoms with E-state index in [2.05, 4.69) is 14.7 Å². The molecule has 0 atom stereocenters. The molecule has 0 aliphatic heterocycles. The molecule has 0 saturated heterocycles. The number of carbonyl (C=O) groups is 2. The molecule has 14 heteroatoms. The maximum absolute atomic E-state index is 12.7. The number of thiazole rings is 1. The Balaban J connectivity index is 1.70.